The van der Waals surface area contributed by atoms with Crippen LogP contribution >= 0.6 is 11.6 Å². The summed E-state index contributed by atoms with van der Waals surface area (Å²) >= 11 is 6.09. The second-order valence-corrected chi connectivity index (χ2v) is 3.88. The number of aryl methyl sites for hydroxylation is 1. The average molecular weight is 209 g/mol. The van der Waals surface area contributed by atoms with E-state index in [1.807, 2.05) is 0 Å². The van der Waals surface area contributed by atoms with Crippen LogP contribution in [0.1, 0.15) is 11.1 Å². The van der Waals surface area contributed by atoms with Crippen molar-refractivity contribution in [1.82, 2.24) is 4.98 Å². The molecule has 74 valence electrons. The Balaban J connectivity index is 2.64. The van der Waals surface area contributed by atoms with Crippen molar-refractivity contribution in [2.24, 2.45) is 5.73 Å². The molecule has 3 N–H and O–H groups in total. The number of rotatable bonds is 2. The second kappa shape index (κ2) is 3.64. The summed E-state index contributed by atoms with van der Waals surface area (Å²) in [5.41, 5.74) is 8.99. The molecule has 0 radical (unpaired) electrons. The number of hydrogen-bond acceptors (Lipinski definition) is 1. The zero-order valence-corrected chi connectivity index (χ0v) is 8.86. The number of benzene rings is 1. The number of halogens is 1. The summed E-state index contributed by atoms with van der Waals surface area (Å²) in [5, 5.41) is 1.90. The Morgan fingerprint density at radius 2 is 2.21 bits per heavy atom. The van der Waals surface area contributed by atoms with Gasteiger partial charge in [0.05, 0.1) is 0 Å². The molecule has 0 saturated carbocycles. The van der Waals surface area contributed by atoms with Gasteiger partial charge >= 0.3 is 0 Å². The van der Waals surface area contributed by atoms with Gasteiger partial charge < -0.3 is 10.7 Å². The van der Waals surface area contributed by atoms with Crippen LogP contribution in [0.3, 0.4) is 0 Å². The Bertz CT molecular complexity index is 460. The zero-order chi connectivity index (χ0) is 10.1. The van der Waals surface area contributed by atoms with Crippen molar-refractivity contribution in [2.75, 3.05) is 6.54 Å². The van der Waals surface area contributed by atoms with E-state index in [4.69, 9.17) is 17.3 Å². The summed E-state index contributed by atoms with van der Waals surface area (Å²) in [6.45, 7) is 2.69. The minimum Gasteiger partial charge on any atom is -0.345 e. The fourth-order valence-electron chi connectivity index (χ4n) is 1.73. The molecule has 1 aromatic carbocycles. The summed E-state index contributed by atoms with van der Waals surface area (Å²) in [7, 11) is 0. The van der Waals surface area contributed by atoms with E-state index in [0.29, 0.717) is 6.54 Å². The first-order valence-electron chi connectivity index (χ1n) is 4.69. The van der Waals surface area contributed by atoms with Gasteiger partial charge in [0.15, 0.2) is 0 Å². The van der Waals surface area contributed by atoms with Crippen LogP contribution in [0.25, 0.3) is 10.9 Å². The molecule has 0 atom stereocenters. The van der Waals surface area contributed by atoms with Crippen LogP contribution in [0.4, 0.5) is 0 Å². The minimum absolute atomic E-state index is 0.626. The third-order valence-corrected chi connectivity index (χ3v) is 2.73. The normalized spacial score (nSPS) is 11.1. The number of hydrogen-bond donors (Lipinski definition) is 2. The van der Waals surface area contributed by atoms with Crippen molar-refractivity contribution in [2.45, 2.75) is 13.3 Å². The molecule has 0 saturated heterocycles. The summed E-state index contributed by atoms with van der Waals surface area (Å²) in [6.07, 6.45) is 0.821. The predicted octanol–water partition coefficient (Wildman–Crippen LogP) is 2.63. The standard InChI is InChI=1S/C11H13ClN2/c1-7-2-3-8-9(4-5-13)11(12)14-10(8)6-7/h2-3,6,14H,4-5,13H2,1H3. The van der Waals surface area contributed by atoms with Gasteiger partial charge in [-0.15, -0.1) is 0 Å². The first-order valence-corrected chi connectivity index (χ1v) is 5.07. The molecule has 0 aliphatic carbocycles. The number of H-pyrrole nitrogens is 1. The molecule has 0 amide bonds. The molecule has 14 heavy (non-hydrogen) atoms. The highest BCUT2D eigenvalue weighted by Crippen LogP contribution is 2.26. The smallest absolute Gasteiger partial charge is 0.110 e. The first-order chi connectivity index (χ1) is 6.72. The maximum atomic E-state index is 6.09. The van der Waals surface area contributed by atoms with E-state index in [-0.39, 0.29) is 0 Å². The van der Waals surface area contributed by atoms with Crippen LogP contribution in [-0.4, -0.2) is 11.5 Å². The first kappa shape index (κ1) is 9.56. The lowest BCUT2D eigenvalue weighted by atomic mass is 10.1. The van der Waals surface area contributed by atoms with Crippen LogP contribution in [0.15, 0.2) is 18.2 Å². The highest BCUT2D eigenvalue weighted by Gasteiger charge is 2.08. The van der Waals surface area contributed by atoms with Crippen molar-refractivity contribution in [3.8, 4) is 0 Å². The monoisotopic (exact) mass is 208 g/mol. The van der Waals surface area contributed by atoms with Gasteiger partial charge in [0.1, 0.15) is 5.15 Å². The molecule has 0 fully saturated rings. The molecular weight excluding hydrogens is 196 g/mol. The van der Waals surface area contributed by atoms with Gasteiger partial charge in [-0.05, 0) is 37.1 Å². The third-order valence-electron chi connectivity index (χ3n) is 2.40. The lowest BCUT2D eigenvalue weighted by Gasteiger charge is -1.97. The van der Waals surface area contributed by atoms with Crippen LogP contribution in [0, 0.1) is 6.92 Å². The molecule has 0 unspecified atom stereocenters. The van der Waals surface area contributed by atoms with E-state index < -0.39 is 0 Å². The number of aromatic nitrogens is 1. The topological polar surface area (TPSA) is 41.8 Å². The molecule has 0 aliphatic rings. The highest BCUT2D eigenvalue weighted by atomic mass is 35.5. The van der Waals surface area contributed by atoms with Crippen molar-refractivity contribution in [3.63, 3.8) is 0 Å². The number of nitrogens with one attached hydrogen (secondary N) is 1. The number of aromatic amines is 1. The zero-order valence-electron chi connectivity index (χ0n) is 8.10. The summed E-state index contributed by atoms with van der Waals surface area (Å²) in [6, 6.07) is 6.28. The summed E-state index contributed by atoms with van der Waals surface area (Å²) in [5.74, 6) is 0. The third kappa shape index (κ3) is 1.51. The van der Waals surface area contributed by atoms with E-state index >= 15 is 0 Å². The van der Waals surface area contributed by atoms with Gasteiger partial charge in [0, 0.05) is 10.9 Å². The van der Waals surface area contributed by atoms with Crippen LogP contribution in [-0.2, 0) is 6.42 Å². The molecular formula is C11H13ClN2. The number of fused-ring (bicyclic) bond motifs is 1. The van der Waals surface area contributed by atoms with Gasteiger partial charge in [-0.25, -0.2) is 0 Å². The Labute approximate surface area is 88.1 Å². The maximum Gasteiger partial charge on any atom is 0.110 e. The van der Waals surface area contributed by atoms with Gasteiger partial charge in [-0.3, -0.25) is 0 Å². The molecule has 2 rings (SSSR count). The van der Waals surface area contributed by atoms with E-state index in [0.717, 1.165) is 22.7 Å². The number of nitrogens with two attached hydrogens (primary N) is 1. The van der Waals surface area contributed by atoms with Crippen LogP contribution in [0.2, 0.25) is 5.15 Å². The van der Waals surface area contributed by atoms with Crippen molar-refractivity contribution >= 4 is 22.5 Å². The van der Waals surface area contributed by atoms with Crippen molar-refractivity contribution in [1.29, 1.82) is 0 Å². The largest absolute Gasteiger partial charge is 0.345 e. The Morgan fingerprint density at radius 1 is 1.43 bits per heavy atom. The van der Waals surface area contributed by atoms with E-state index in [9.17, 15) is 0 Å². The van der Waals surface area contributed by atoms with Crippen molar-refractivity contribution < 1.29 is 0 Å². The van der Waals surface area contributed by atoms with Gasteiger partial charge in [-0.2, -0.15) is 0 Å². The Kier molecular flexibility index (Phi) is 2.48. The fourth-order valence-corrected chi connectivity index (χ4v) is 2.02. The average Bonchev–Trinajstić information content (AvgIpc) is 2.43. The summed E-state index contributed by atoms with van der Waals surface area (Å²) in [4.78, 5) is 3.16. The van der Waals surface area contributed by atoms with E-state index in [1.54, 1.807) is 0 Å². The minimum atomic E-state index is 0.626. The quantitative estimate of drug-likeness (QED) is 0.783. The Morgan fingerprint density at radius 3 is 2.93 bits per heavy atom. The Hall–Kier alpha value is -0.990. The van der Waals surface area contributed by atoms with Gasteiger partial charge in [0.25, 0.3) is 0 Å². The summed E-state index contributed by atoms with van der Waals surface area (Å²) < 4.78 is 0. The molecule has 0 bridgehead atoms. The van der Waals surface area contributed by atoms with Gasteiger partial charge in [-0.1, -0.05) is 23.7 Å². The SMILES string of the molecule is Cc1ccc2c(CCN)c(Cl)[nH]c2c1. The van der Waals surface area contributed by atoms with Crippen LogP contribution < -0.4 is 5.73 Å². The van der Waals surface area contributed by atoms with Crippen molar-refractivity contribution in [3.05, 3.63) is 34.5 Å². The van der Waals surface area contributed by atoms with Gasteiger partial charge in [0.2, 0.25) is 0 Å². The molecule has 0 aliphatic heterocycles. The lowest BCUT2D eigenvalue weighted by molar-refractivity contribution is 0.976. The van der Waals surface area contributed by atoms with Crippen LogP contribution in [0.5, 0.6) is 0 Å². The fraction of sp³-hybridized carbons (Fsp3) is 0.273. The highest BCUT2D eigenvalue weighted by molar-refractivity contribution is 6.31. The maximum absolute atomic E-state index is 6.09. The second-order valence-electron chi connectivity index (χ2n) is 3.51. The van der Waals surface area contributed by atoms with E-state index in [2.05, 4.69) is 30.1 Å². The molecule has 1 aromatic heterocycles. The molecule has 2 nitrogen and oxygen atoms in total. The predicted molar refractivity (Wildman–Crippen MR) is 60.8 cm³/mol. The molecule has 1 heterocycles. The lowest BCUT2D eigenvalue weighted by Crippen LogP contribution is -2.02. The van der Waals surface area contributed by atoms with E-state index in [1.165, 1.54) is 10.9 Å². The molecule has 0 spiro atoms. The molecule has 3 heteroatoms. The molecule has 2 aromatic rings.